The molecule has 0 saturated carbocycles. The molecule has 40 heavy (non-hydrogen) atoms. The number of imide groups is 1. The predicted molar refractivity (Wildman–Crippen MR) is 146 cm³/mol. The van der Waals surface area contributed by atoms with Crippen LogP contribution in [0.25, 0.3) is 6.08 Å². The number of nitro benzene ring substituents is 1. The average molecular weight is 613 g/mol. The second-order valence-corrected chi connectivity index (χ2v) is 9.23. The molecule has 4 rings (SSSR count). The lowest BCUT2D eigenvalue weighted by Gasteiger charge is -2.14. The fourth-order valence-electron chi connectivity index (χ4n) is 3.68. The van der Waals surface area contributed by atoms with E-state index in [1.807, 2.05) is 0 Å². The van der Waals surface area contributed by atoms with Crippen molar-refractivity contribution < 1.29 is 33.2 Å². The Morgan fingerprint density at radius 1 is 1.12 bits per heavy atom. The molecule has 1 fully saturated rings. The predicted octanol–water partition coefficient (Wildman–Crippen LogP) is 5.01. The van der Waals surface area contributed by atoms with E-state index >= 15 is 0 Å². The number of nitrogens with one attached hydrogen (secondary N) is 2. The van der Waals surface area contributed by atoms with Gasteiger partial charge in [-0.2, -0.15) is 0 Å². The van der Waals surface area contributed by atoms with E-state index < -0.39 is 35.1 Å². The van der Waals surface area contributed by atoms with Crippen LogP contribution in [0.15, 0.2) is 70.8 Å². The molecule has 1 heterocycles. The summed E-state index contributed by atoms with van der Waals surface area (Å²) in [7, 11) is 0. The molecule has 2 N–H and O–H groups in total. The summed E-state index contributed by atoms with van der Waals surface area (Å²) in [6.45, 7) is 1.60. The van der Waals surface area contributed by atoms with E-state index in [9.17, 15) is 28.9 Å². The van der Waals surface area contributed by atoms with Gasteiger partial charge < -0.3 is 20.1 Å². The Hall–Kier alpha value is -4.78. The van der Waals surface area contributed by atoms with E-state index in [1.54, 1.807) is 31.2 Å². The van der Waals surface area contributed by atoms with Gasteiger partial charge in [-0.25, -0.2) is 14.1 Å². The first kappa shape index (κ1) is 28.2. The number of anilines is 1. The molecule has 0 aliphatic carbocycles. The van der Waals surface area contributed by atoms with Crippen molar-refractivity contribution >= 4 is 51.2 Å². The number of hydrogen-bond acceptors (Lipinski definition) is 7. The highest BCUT2D eigenvalue weighted by molar-refractivity contribution is 9.10. The Bertz CT molecular complexity index is 1510. The highest BCUT2D eigenvalue weighted by Gasteiger charge is 2.35. The summed E-state index contributed by atoms with van der Waals surface area (Å²) in [5.74, 6) is -1.40. The number of halogens is 2. The number of para-hydroxylation sites is 1. The van der Waals surface area contributed by atoms with Crippen molar-refractivity contribution in [1.82, 2.24) is 10.2 Å². The number of ether oxygens (including phenoxy) is 2. The van der Waals surface area contributed by atoms with E-state index in [2.05, 4.69) is 26.6 Å². The smallest absolute Gasteiger partial charge is 0.329 e. The number of nitrogens with zero attached hydrogens (tertiary/aromatic N) is 2. The summed E-state index contributed by atoms with van der Waals surface area (Å²) >= 11 is 3.43. The topological polar surface area (TPSA) is 140 Å². The molecule has 1 aliphatic rings. The maximum atomic E-state index is 13.8. The molecule has 4 amide bonds. The van der Waals surface area contributed by atoms with Crippen molar-refractivity contribution in [2.75, 3.05) is 18.5 Å². The van der Waals surface area contributed by atoms with Gasteiger partial charge in [0.1, 0.15) is 24.7 Å². The molecule has 206 valence electrons. The van der Waals surface area contributed by atoms with Crippen LogP contribution in [-0.2, 0) is 16.2 Å². The molecular formula is C27H22BrFN4O7. The average Bonchev–Trinajstić information content (AvgIpc) is 3.18. The molecule has 0 aromatic heterocycles. The van der Waals surface area contributed by atoms with E-state index in [0.29, 0.717) is 38.6 Å². The third-order valence-corrected chi connectivity index (χ3v) is 6.30. The van der Waals surface area contributed by atoms with Gasteiger partial charge in [-0.05, 0) is 60.5 Å². The van der Waals surface area contributed by atoms with Gasteiger partial charge in [0.05, 0.1) is 17.2 Å². The summed E-state index contributed by atoms with van der Waals surface area (Å²) in [6, 6.07) is 13.9. The first-order valence-corrected chi connectivity index (χ1v) is 12.7. The molecule has 0 unspecified atom stereocenters. The maximum absolute atomic E-state index is 13.8. The van der Waals surface area contributed by atoms with Gasteiger partial charge >= 0.3 is 6.03 Å². The lowest BCUT2D eigenvalue weighted by Crippen LogP contribution is -2.38. The number of non-ortho nitro benzene ring substituents is 1. The van der Waals surface area contributed by atoms with Crippen molar-refractivity contribution in [2.45, 2.75) is 13.5 Å². The van der Waals surface area contributed by atoms with Crippen molar-refractivity contribution in [3.63, 3.8) is 0 Å². The quantitative estimate of drug-likeness (QED) is 0.142. The molecule has 3 aromatic carbocycles. The first-order valence-electron chi connectivity index (χ1n) is 11.9. The number of amides is 4. The number of carbonyl (C=O) groups is 3. The monoisotopic (exact) mass is 612 g/mol. The normalized spacial score (nSPS) is 13.8. The number of benzene rings is 3. The highest BCUT2D eigenvalue weighted by Crippen LogP contribution is 2.36. The lowest BCUT2D eigenvalue weighted by molar-refractivity contribution is -0.384. The zero-order chi connectivity index (χ0) is 28.8. The number of rotatable bonds is 10. The van der Waals surface area contributed by atoms with Crippen molar-refractivity contribution in [3.8, 4) is 11.5 Å². The van der Waals surface area contributed by atoms with E-state index in [0.717, 1.165) is 0 Å². The van der Waals surface area contributed by atoms with Crippen molar-refractivity contribution in [2.24, 2.45) is 0 Å². The zero-order valence-electron chi connectivity index (χ0n) is 21.0. The Kier molecular flexibility index (Phi) is 8.74. The van der Waals surface area contributed by atoms with Crippen LogP contribution in [-0.4, -0.2) is 40.8 Å². The zero-order valence-corrected chi connectivity index (χ0v) is 22.6. The van der Waals surface area contributed by atoms with Crippen LogP contribution in [0, 0.1) is 15.9 Å². The SMILES string of the molecule is CCOc1cc(/C=C2/NC(=O)N(CC(=O)Nc3ccccc3F)C2=O)c(Br)cc1OCc1ccc([N+](=O)[O-])cc1. The molecule has 1 saturated heterocycles. The van der Waals surface area contributed by atoms with Gasteiger partial charge in [0, 0.05) is 16.6 Å². The third-order valence-electron chi connectivity index (χ3n) is 5.62. The van der Waals surface area contributed by atoms with Crippen LogP contribution in [0.1, 0.15) is 18.1 Å². The van der Waals surface area contributed by atoms with Gasteiger partial charge in [0.2, 0.25) is 5.91 Å². The van der Waals surface area contributed by atoms with Crippen LogP contribution in [0.3, 0.4) is 0 Å². The summed E-state index contributed by atoms with van der Waals surface area (Å²) in [6.07, 6.45) is 1.42. The molecule has 0 bridgehead atoms. The van der Waals surface area contributed by atoms with Crippen LogP contribution in [0.2, 0.25) is 0 Å². The van der Waals surface area contributed by atoms with E-state index in [1.165, 1.54) is 42.5 Å². The molecule has 0 spiro atoms. The van der Waals surface area contributed by atoms with Gasteiger partial charge in [0.25, 0.3) is 11.6 Å². The Morgan fingerprint density at radius 2 is 1.82 bits per heavy atom. The fourth-order valence-corrected chi connectivity index (χ4v) is 4.12. The first-order chi connectivity index (χ1) is 19.2. The Morgan fingerprint density at radius 3 is 2.50 bits per heavy atom. The molecule has 1 aliphatic heterocycles. The maximum Gasteiger partial charge on any atom is 0.329 e. The molecular weight excluding hydrogens is 591 g/mol. The van der Waals surface area contributed by atoms with Crippen LogP contribution in [0.5, 0.6) is 11.5 Å². The summed E-state index contributed by atoms with van der Waals surface area (Å²) < 4.78 is 25.9. The number of carbonyl (C=O) groups excluding carboxylic acids is 3. The van der Waals surface area contributed by atoms with Gasteiger partial charge in [-0.15, -0.1) is 0 Å². The minimum atomic E-state index is -0.802. The number of urea groups is 1. The van der Waals surface area contributed by atoms with Gasteiger partial charge in [-0.1, -0.05) is 28.1 Å². The Balaban J connectivity index is 1.48. The van der Waals surface area contributed by atoms with E-state index in [-0.39, 0.29) is 23.7 Å². The molecule has 11 nitrogen and oxygen atoms in total. The number of nitro groups is 1. The molecule has 13 heteroatoms. The standard InChI is InChI=1S/C27H22BrFN4O7/c1-2-39-23-12-17(19(28)13-24(23)40-15-16-7-9-18(10-8-16)33(37)38)11-22-26(35)32(27(36)31-22)14-25(34)30-21-6-4-3-5-20(21)29/h3-13H,2,14-15H2,1H3,(H,30,34)(H,31,36)/b22-11+. The molecule has 0 radical (unpaired) electrons. The van der Waals surface area contributed by atoms with Crippen molar-refractivity contribution in [3.05, 3.63) is 97.9 Å². The summed E-state index contributed by atoms with van der Waals surface area (Å²) in [5, 5.41) is 15.6. The summed E-state index contributed by atoms with van der Waals surface area (Å²) in [5.41, 5.74) is 1.00. The lowest BCUT2D eigenvalue weighted by atomic mass is 10.1. The summed E-state index contributed by atoms with van der Waals surface area (Å²) in [4.78, 5) is 48.8. The minimum absolute atomic E-state index is 0.0308. The number of hydrogen-bond donors (Lipinski definition) is 2. The Labute approximate surface area is 235 Å². The molecule has 0 atom stereocenters. The van der Waals surface area contributed by atoms with Gasteiger partial charge in [0.15, 0.2) is 11.5 Å². The van der Waals surface area contributed by atoms with Gasteiger partial charge in [-0.3, -0.25) is 19.7 Å². The van der Waals surface area contributed by atoms with Crippen molar-refractivity contribution in [1.29, 1.82) is 0 Å². The highest BCUT2D eigenvalue weighted by atomic mass is 79.9. The largest absolute Gasteiger partial charge is 0.490 e. The van der Waals surface area contributed by atoms with Crippen LogP contribution in [0.4, 0.5) is 20.6 Å². The second kappa shape index (κ2) is 12.4. The second-order valence-electron chi connectivity index (χ2n) is 8.37. The fraction of sp³-hybridized carbons (Fsp3) is 0.148. The van der Waals surface area contributed by atoms with Crippen LogP contribution < -0.4 is 20.1 Å². The van der Waals surface area contributed by atoms with E-state index in [4.69, 9.17) is 9.47 Å². The minimum Gasteiger partial charge on any atom is -0.490 e. The molecule has 3 aromatic rings. The van der Waals surface area contributed by atoms with Crippen LogP contribution >= 0.6 is 15.9 Å². The third kappa shape index (κ3) is 6.61.